The molecule has 2 aromatic heterocycles. The summed E-state index contributed by atoms with van der Waals surface area (Å²) in [7, 11) is 0. The van der Waals surface area contributed by atoms with Crippen molar-refractivity contribution in [1.29, 1.82) is 5.26 Å². The van der Waals surface area contributed by atoms with Gasteiger partial charge in [-0.25, -0.2) is 4.98 Å². The average molecular weight is 452 g/mol. The summed E-state index contributed by atoms with van der Waals surface area (Å²) in [5, 5.41) is 19.2. The Balaban J connectivity index is 2.24. The van der Waals surface area contributed by atoms with Gasteiger partial charge in [-0.3, -0.25) is 14.4 Å². The van der Waals surface area contributed by atoms with Crippen molar-refractivity contribution in [1.82, 2.24) is 14.5 Å². The van der Waals surface area contributed by atoms with E-state index in [1.807, 2.05) is 13.8 Å². The lowest BCUT2D eigenvalue weighted by Crippen LogP contribution is -2.14. The number of fused-ring (bicyclic) bond motifs is 1. The molecule has 3 rings (SSSR count). The summed E-state index contributed by atoms with van der Waals surface area (Å²) < 4.78 is 12.5. The number of H-pyrrole nitrogens is 1. The molecule has 0 aliphatic carbocycles. The van der Waals surface area contributed by atoms with Crippen molar-refractivity contribution < 1.29 is 24.2 Å². The number of aromatic amines is 1. The molecule has 2 heterocycles. The number of ether oxygens (including phenoxy) is 2. The second-order valence-electron chi connectivity index (χ2n) is 7.72. The van der Waals surface area contributed by atoms with Gasteiger partial charge in [0.15, 0.2) is 0 Å². The van der Waals surface area contributed by atoms with E-state index in [0.717, 1.165) is 0 Å². The molecule has 0 radical (unpaired) electrons. The number of carbonyl (C=O) groups excluding carboxylic acids is 1. The quantitative estimate of drug-likeness (QED) is 0.286. The Morgan fingerprint density at radius 2 is 2.06 bits per heavy atom. The van der Waals surface area contributed by atoms with Crippen LogP contribution in [0.3, 0.4) is 0 Å². The number of nitrogens with zero attached hydrogens (tertiary/aromatic N) is 3. The van der Waals surface area contributed by atoms with E-state index >= 15 is 0 Å². The first-order valence-corrected chi connectivity index (χ1v) is 10.4. The first-order valence-electron chi connectivity index (χ1n) is 10.4. The molecule has 0 unspecified atom stereocenters. The standard InChI is InChI=1S/C23H24N4O6/c1-13(2)32-6-4-5-27-21(18(11-24)20-22(27)23(31)26-12-25-20)16-7-15(9-19(29)30)8-17(10-16)33-14(3)28/h7-8,10,12-13H,4-6,9H2,1-3H3,(H,29,30)(H,25,26,31). The third-order valence-electron chi connectivity index (χ3n) is 4.79. The van der Waals surface area contributed by atoms with Gasteiger partial charge in [0, 0.05) is 25.6 Å². The van der Waals surface area contributed by atoms with Crippen LogP contribution in [0.4, 0.5) is 0 Å². The fraction of sp³-hybridized carbons (Fsp3) is 0.348. The lowest BCUT2D eigenvalue weighted by Gasteiger charge is -2.14. The van der Waals surface area contributed by atoms with Crippen molar-refractivity contribution in [3.63, 3.8) is 0 Å². The number of hydrogen-bond acceptors (Lipinski definition) is 7. The number of aromatic nitrogens is 3. The zero-order chi connectivity index (χ0) is 24.1. The molecule has 0 aliphatic rings. The molecule has 0 spiro atoms. The number of benzene rings is 1. The van der Waals surface area contributed by atoms with Gasteiger partial charge in [-0.05, 0) is 44.0 Å². The number of aryl methyl sites for hydroxylation is 1. The van der Waals surface area contributed by atoms with E-state index in [-0.39, 0.29) is 34.9 Å². The monoisotopic (exact) mass is 452 g/mol. The zero-order valence-corrected chi connectivity index (χ0v) is 18.5. The third kappa shape index (κ3) is 5.45. The molecule has 0 amide bonds. The van der Waals surface area contributed by atoms with E-state index in [1.54, 1.807) is 10.6 Å². The average Bonchev–Trinajstić information content (AvgIpc) is 3.04. The molecule has 0 aliphatic heterocycles. The van der Waals surface area contributed by atoms with Crippen molar-refractivity contribution in [2.45, 2.75) is 46.3 Å². The van der Waals surface area contributed by atoms with Crippen LogP contribution in [0.15, 0.2) is 29.3 Å². The molecule has 172 valence electrons. The molecular formula is C23H24N4O6. The zero-order valence-electron chi connectivity index (χ0n) is 18.5. The normalized spacial score (nSPS) is 11.0. The maximum atomic E-state index is 12.7. The SMILES string of the molecule is CC(=O)Oc1cc(CC(=O)O)cc(-c2c(C#N)c3nc[nH]c(=O)c3n2CCCOC(C)C)c1. The molecule has 10 nitrogen and oxygen atoms in total. The summed E-state index contributed by atoms with van der Waals surface area (Å²) in [5.74, 6) is -1.49. The number of esters is 1. The Kier molecular flexibility index (Phi) is 7.25. The van der Waals surface area contributed by atoms with Gasteiger partial charge in [-0.15, -0.1) is 0 Å². The van der Waals surface area contributed by atoms with Crippen molar-refractivity contribution in [2.24, 2.45) is 0 Å². The molecule has 0 fully saturated rings. The fourth-order valence-electron chi connectivity index (χ4n) is 3.66. The molecular weight excluding hydrogens is 428 g/mol. The lowest BCUT2D eigenvalue weighted by molar-refractivity contribution is -0.136. The van der Waals surface area contributed by atoms with Crippen LogP contribution in [0, 0.1) is 11.3 Å². The summed E-state index contributed by atoms with van der Waals surface area (Å²) in [6, 6.07) is 6.72. The Morgan fingerprint density at radius 1 is 1.30 bits per heavy atom. The molecule has 0 saturated heterocycles. The Labute approximate surface area is 189 Å². The van der Waals surface area contributed by atoms with Gasteiger partial charge in [0.05, 0.1) is 24.5 Å². The molecule has 2 N–H and O–H groups in total. The lowest BCUT2D eigenvalue weighted by atomic mass is 10.0. The van der Waals surface area contributed by atoms with Crippen LogP contribution < -0.4 is 10.3 Å². The van der Waals surface area contributed by atoms with Gasteiger partial charge in [-0.1, -0.05) is 0 Å². The van der Waals surface area contributed by atoms with E-state index in [1.165, 1.54) is 25.4 Å². The van der Waals surface area contributed by atoms with Gasteiger partial charge < -0.3 is 24.1 Å². The predicted octanol–water partition coefficient (Wildman–Crippen LogP) is 2.63. The second-order valence-corrected chi connectivity index (χ2v) is 7.72. The largest absolute Gasteiger partial charge is 0.481 e. The maximum Gasteiger partial charge on any atom is 0.308 e. The molecule has 33 heavy (non-hydrogen) atoms. The van der Waals surface area contributed by atoms with Crippen LogP contribution in [0.25, 0.3) is 22.3 Å². The van der Waals surface area contributed by atoms with E-state index in [9.17, 15) is 24.8 Å². The Bertz CT molecular complexity index is 1260. The summed E-state index contributed by atoms with van der Waals surface area (Å²) in [6.45, 7) is 5.86. The Morgan fingerprint density at radius 3 is 2.70 bits per heavy atom. The van der Waals surface area contributed by atoms with Gasteiger partial charge in [-0.2, -0.15) is 5.26 Å². The minimum Gasteiger partial charge on any atom is -0.481 e. The number of carboxylic acids is 1. The van der Waals surface area contributed by atoms with E-state index in [4.69, 9.17) is 9.47 Å². The minimum atomic E-state index is -1.06. The van der Waals surface area contributed by atoms with Gasteiger partial charge in [0.2, 0.25) is 0 Å². The third-order valence-corrected chi connectivity index (χ3v) is 4.79. The molecule has 0 bridgehead atoms. The van der Waals surface area contributed by atoms with Gasteiger partial charge in [0.1, 0.15) is 28.4 Å². The number of carbonyl (C=O) groups is 2. The number of nitrogens with one attached hydrogen (secondary N) is 1. The van der Waals surface area contributed by atoms with Crippen LogP contribution in [-0.4, -0.2) is 44.3 Å². The van der Waals surface area contributed by atoms with E-state index in [2.05, 4.69) is 16.0 Å². The molecule has 3 aromatic rings. The van der Waals surface area contributed by atoms with Crippen molar-refractivity contribution in [3.8, 4) is 23.1 Å². The Hall–Kier alpha value is -3.97. The van der Waals surface area contributed by atoms with E-state index < -0.39 is 17.5 Å². The fourth-order valence-corrected chi connectivity index (χ4v) is 3.66. The number of carboxylic acid groups (broad SMARTS) is 1. The van der Waals surface area contributed by atoms with Crippen molar-refractivity contribution in [3.05, 3.63) is 46.0 Å². The molecule has 0 atom stereocenters. The van der Waals surface area contributed by atoms with Crippen LogP contribution >= 0.6 is 0 Å². The topological polar surface area (TPSA) is 147 Å². The van der Waals surface area contributed by atoms with Crippen LogP contribution in [0.1, 0.15) is 38.3 Å². The highest BCUT2D eigenvalue weighted by Crippen LogP contribution is 2.34. The molecule has 10 heteroatoms. The van der Waals surface area contributed by atoms with Crippen LogP contribution in [0.2, 0.25) is 0 Å². The van der Waals surface area contributed by atoms with E-state index in [0.29, 0.717) is 36.4 Å². The summed E-state index contributed by atoms with van der Waals surface area (Å²) in [6.07, 6.45) is 1.52. The molecule has 0 saturated carbocycles. The number of rotatable bonds is 9. The highest BCUT2D eigenvalue weighted by Gasteiger charge is 2.23. The highest BCUT2D eigenvalue weighted by molar-refractivity contribution is 5.91. The van der Waals surface area contributed by atoms with Crippen LogP contribution in [0.5, 0.6) is 5.75 Å². The first-order chi connectivity index (χ1) is 15.7. The number of hydrogen-bond donors (Lipinski definition) is 2. The van der Waals surface area contributed by atoms with Crippen molar-refractivity contribution in [2.75, 3.05) is 6.61 Å². The van der Waals surface area contributed by atoms with Crippen molar-refractivity contribution >= 4 is 23.0 Å². The smallest absolute Gasteiger partial charge is 0.308 e. The maximum absolute atomic E-state index is 12.7. The minimum absolute atomic E-state index is 0.0459. The number of aliphatic carboxylic acids is 1. The van der Waals surface area contributed by atoms with Gasteiger partial charge >= 0.3 is 11.9 Å². The predicted molar refractivity (Wildman–Crippen MR) is 119 cm³/mol. The highest BCUT2D eigenvalue weighted by atomic mass is 16.5. The summed E-state index contributed by atoms with van der Waals surface area (Å²) in [5.41, 5.74) is 1.43. The number of nitriles is 1. The summed E-state index contributed by atoms with van der Waals surface area (Å²) in [4.78, 5) is 42.3. The van der Waals surface area contributed by atoms with Gasteiger partial charge in [0.25, 0.3) is 5.56 Å². The first kappa shape index (κ1) is 23.7. The van der Waals surface area contributed by atoms with Crippen LogP contribution in [-0.2, 0) is 27.3 Å². The summed E-state index contributed by atoms with van der Waals surface area (Å²) >= 11 is 0. The molecule has 1 aromatic carbocycles. The second kappa shape index (κ2) is 10.1.